The summed E-state index contributed by atoms with van der Waals surface area (Å²) in [5.74, 6) is 0.201. The van der Waals surface area contributed by atoms with Crippen molar-refractivity contribution in [2.24, 2.45) is 5.92 Å². The highest BCUT2D eigenvalue weighted by Crippen LogP contribution is 2.13. The van der Waals surface area contributed by atoms with Crippen LogP contribution in [0.15, 0.2) is 24.3 Å². The fourth-order valence-electron chi connectivity index (χ4n) is 2.85. The topological polar surface area (TPSA) is 52.7 Å². The monoisotopic (exact) mass is 353 g/mol. The molecule has 6 heteroatoms. The number of benzene rings is 1. The quantitative estimate of drug-likeness (QED) is 0.902. The zero-order valence-corrected chi connectivity index (χ0v) is 15.7. The predicted molar refractivity (Wildman–Crippen MR) is 98.4 cm³/mol. The van der Waals surface area contributed by atoms with E-state index in [9.17, 15) is 9.59 Å². The Hall–Kier alpha value is -1.59. The van der Waals surface area contributed by atoms with Crippen molar-refractivity contribution in [1.29, 1.82) is 0 Å². The van der Waals surface area contributed by atoms with Crippen molar-refractivity contribution in [1.82, 2.24) is 15.1 Å². The van der Waals surface area contributed by atoms with Gasteiger partial charge < -0.3 is 15.1 Å². The van der Waals surface area contributed by atoms with E-state index in [2.05, 4.69) is 12.2 Å². The van der Waals surface area contributed by atoms with E-state index in [0.29, 0.717) is 12.1 Å². The van der Waals surface area contributed by atoms with Crippen molar-refractivity contribution in [3.63, 3.8) is 0 Å². The van der Waals surface area contributed by atoms with Gasteiger partial charge in [-0.15, -0.1) is 12.4 Å². The molecule has 1 N–H and O–H groups in total. The molecule has 1 aromatic rings. The van der Waals surface area contributed by atoms with Crippen molar-refractivity contribution >= 4 is 24.2 Å². The normalized spacial score (nSPS) is 17.4. The first-order valence-electron chi connectivity index (χ1n) is 8.25. The summed E-state index contributed by atoms with van der Waals surface area (Å²) in [5.41, 5.74) is 1.74. The molecule has 0 radical (unpaired) electrons. The maximum Gasteiger partial charge on any atom is 0.254 e. The molecule has 0 aliphatic carbocycles. The molecule has 0 unspecified atom stereocenters. The lowest BCUT2D eigenvalue weighted by molar-refractivity contribution is -0.133. The van der Waals surface area contributed by atoms with Crippen LogP contribution < -0.4 is 5.32 Å². The number of nitrogens with zero attached hydrogens (tertiary/aromatic N) is 2. The van der Waals surface area contributed by atoms with Gasteiger partial charge in [0.2, 0.25) is 5.91 Å². The van der Waals surface area contributed by atoms with Gasteiger partial charge in [0.15, 0.2) is 0 Å². The summed E-state index contributed by atoms with van der Waals surface area (Å²) < 4.78 is 0. The van der Waals surface area contributed by atoms with E-state index < -0.39 is 0 Å². The largest absolute Gasteiger partial charge is 0.341 e. The first kappa shape index (κ1) is 20.5. The lowest BCUT2D eigenvalue weighted by Gasteiger charge is -2.34. The number of rotatable bonds is 4. The highest BCUT2D eigenvalue weighted by molar-refractivity contribution is 5.94. The number of carbonyl (C=O) groups excluding carboxylic acids is 2. The standard InChI is InChI=1S/C18H27N3O2.ClH/c1-13(2)17(22)20(4)12-15-5-7-16(8-6-15)18(23)21-10-9-19-11-14(21)3;/h5-8,13-14,19H,9-12H2,1-4H3;1H/t14-;/m0./s1. The van der Waals surface area contributed by atoms with E-state index in [4.69, 9.17) is 0 Å². The summed E-state index contributed by atoms with van der Waals surface area (Å²) in [4.78, 5) is 28.1. The number of halogens is 1. The molecular weight excluding hydrogens is 326 g/mol. The third-order valence-corrected chi connectivity index (χ3v) is 4.25. The zero-order chi connectivity index (χ0) is 17.0. The SMILES string of the molecule is CC(C)C(=O)N(C)Cc1ccc(C(=O)N2CCNC[C@@H]2C)cc1.Cl. The van der Waals surface area contributed by atoms with Gasteiger partial charge in [0.05, 0.1) is 0 Å². The molecule has 1 heterocycles. The Labute approximate surface area is 150 Å². The third kappa shape index (κ3) is 4.95. The van der Waals surface area contributed by atoms with E-state index in [1.54, 1.807) is 4.90 Å². The van der Waals surface area contributed by atoms with E-state index in [-0.39, 0.29) is 36.2 Å². The van der Waals surface area contributed by atoms with Crippen LogP contribution in [0.5, 0.6) is 0 Å². The van der Waals surface area contributed by atoms with Crippen LogP contribution in [-0.4, -0.2) is 54.3 Å². The summed E-state index contributed by atoms with van der Waals surface area (Å²) in [7, 11) is 1.81. The second-order valence-electron chi connectivity index (χ2n) is 6.60. The van der Waals surface area contributed by atoms with Gasteiger partial charge in [0.1, 0.15) is 0 Å². The van der Waals surface area contributed by atoms with Crippen LogP contribution in [0.4, 0.5) is 0 Å². The van der Waals surface area contributed by atoms with Gasteiger partial charge in [0.25, 0.3) is 5.91 Å². The molecule has 0 saturated carbocycles. The van der Waals surface area contributed by atoms with Crippen LogP contribution in [0.25, 0.3) is 0 Å². The summed E-state index contributed by atoms with van der Waals surface area (Å²) in [6, 6.07) is 7.81. The maximum absolute atomic E-state index is 12.6. The third-order valence-electron chi connectivity index (χ3n) is 4.25. The molecule has 2 rings (SSSR count). The Balaban J connectivity index is 0.00000288. The first-order chi connectivity index (χ1) is 10.9. The lowest BCUT2D eigenvalue weighted by atomic mass is 10.1. The minimum absolute atomic E-state index is 0. The molecule has 24 heavy (non-hydrogen) atoms. The van der Waals surface area contributed by atoms with Crippen LogP contribution in [-0.2, 0) is 11.3 Å². The highest BCUT2D eigenvalue weighted by Gasteiger charge is 2.23. The lowest BCUT2D eigenvalue weighted by Crippen LogP contribution is -2.52. The number of carbonyl (C=O) groups is 2. The summed E-state index contributed by atoms with van der Waals surface area (Å²) in [6.45, 7) is 8.85. The summed E-state index contributed by atoms with van der Waals surface area (Å²) >= 11 is 0. The van der Waals surface area contributed by atoms with Gasteiger partial charge in [-0.25, -0.2) is 0 Å². The van der Waals surface area contributed by atoms with Gasteiger partial charge in [-0.2, -0.15) is 0 Å². The van der Waals surface area contributed by atoms with Gasteiger partial charge in [-0.05, 0) is 24.6 Å². The highest BCUT2D eigenvalue weighted by atomic mass is 35.5. The molecule has 5 nitrogen and oxygen atoms in total. The second-order valence-corrected chi connectivity index (χ2v) is 6.60. The fraction of sp³-hybridized carbons (Fsp3) is 0.556. The van der Waals surface area contributed by atoms with Crippen molar-refractivity contribution in [2.45, 2.75) is 33.4 Å². The summed E-state index contributed by atoms with van der Waals surface area (Å²) in [6.07, 6.45) is 0. The van der Waals surface area contributed by atoms with Gasteiger partial charge in [0, 0.05) is 50.7 Å². The van der Waals surface area contributed by atoms with Crippen molar-refractivity contribution in [3.8, 4) is 0 Å². The Kier molecular flexibility index (Phi) is 7.70. The van der Waals surface area contributed by atoms with Crippen LogP contribution in [0.1, 0.15) is 36.7 Å². The number of amides is 2. The van der Waals surface area contributed by atoms with Crippen molar-refractivity contribution in [2.75, 3.05) is 26.7 Å². The molecule has 1 atom stereocenters. The molecule has 1 saturated heterocycles. The molecule has 1 aliphatic heterocycles. The Morgan fingerprint density at radius 2 is 1.92 bits per heavy atom. The van der Waals surface area contributed by atoms with Crippen molar-refractivity contribution < 1.29 is 9.59 Å². The molecule has 1 aromatic carbocycles. The first-order valence-corrected chi connectivity index (χ1v) is 8.25. The van der Waals surface area contributed by atoms with Gasteiger partial charge in [-0.3, -0.25) is 9.59 Å². The number of hydrogen-bond acceptors (Lipinski definition) is 3. The van der Waals surface area contributed by atoms with Crippen LogP contribution in [0.3, 0.4) is 0 Å². The molecular formula is C18H28ClN3O2. The van der Waals surface area contributed by atoms with Crippen LogP contribution >= 0.6 is 12.4 Å². The van der Waals surface area contributed by atoms with E-state index in [0.717, 1.165) is 25.2 Å². The molecule has 0 spiro atoms. The van der Waals surface area contributed by atoms with Gasteiger partial charge >= 0.3 is 0 Å². The zero-order valence-electron chi connectivity index (χ0n) is 14.9. The Morgan fingerprint density at radius 3 is 2.46 bits per heavy atom. The predicted octanol–water partition coefficient (Wildman–Crippen LogP) is 2.16. The van der Waals surface area contributed by atoms with Crippen molar-refractivity contribution in [3.05, 3.63) is 35.4 Å². The molecule has 134 valence electrons. The number of piperazine rings is 1. The molecule has 1 fully saturated rings. The molecule has 1 aliphatic rings. The van der Waals surface area contributed by atoms with Crippen LogP contribution in [0.2, 0.25) is 0 Å². The Bertz CT molecular complexity index is 560. The van der Waals surface area contributed by atoms with E-state index in [1.165, 1.54) is 0 Å². The molecule has 0 bridgehead atoms. The number of hydrogen-bond donors (Lipinski definition) is 1. The van der Waals surface area contributed by atoms with Crippen LogP contribution in [0, 0.1) is 5.92 Å². The summed E-state index contributed by atoms with van der Waals surface area (Å²) in [5, 5.41) is 3.29. The van der Waals surface area contributed by atoms with E-state index in [1.807, 2.05) is 50.1 Å². The molecule has 2 amide bonds. The average molecular weight is 354 g/mol. The second kappa shape index (κ2) is 9.04. The van der Waals surface area contributed by atoms with Gasteiger partial charge in [-0.1, -0.05) is 26.0 Å². The fourth-order valence-corrected chi connectivity index (χ4v) is 2.85. The maximum atomic E-state index is 12.6. The Morgan fingerprint density at radius 1 is 1.29 bits per heavy atom. The minimum Gasteiger partial charge on any atom is -0.341 e. The van der Waals surface area contributed by atoms with E-state index >= 15 is 0 Å². The minimum atomic E-state index is -0.00458. The molecule has 0 aromatic heterocycles. The smallest absolute Gasteiger partial charge is 0.254 e. The average Bonchev–Trinajstić information content (AvgIpc) is 2.54. The number of nitrogens with one attached hydrogen (secondary N) is 1.